The van der Waals surface area contributed by atoms with Gasteiger partial charge in [0, 0.05) is 26.2 Å². The smallest absolute Gasteiger partial charge is 0.409 e. The quantitative estimate of drug-likeness (QED) is 0.454. The summed E-state index contributed by atoms with van der Waals surface area (Å²) in [6.07, 6.45) is -1.39. The summed E-state index contributed by atoms with van der Waals surface area (Å²) < 4.78 is 5.81. The van der Waals surface area contributed by atoms with Gasteiger partial charge in [-0.3, -0.25) is 14.5 Å². The van der Waals surface area contributed by atoms with E-state index in [-0.39, 0.29) is 17.7 Å². The van der Waals surface area contributed by atoms with Gasteiger partial charge in [-0.25, -0.2) is 4.79 Å². The van der Waals surface area contributed by atoms with Gasteiger partial charge in [-0.05, 0) is 31.0 Å². The fourth-order valence-electron chi connectivity index (χ4n) is 4.18. The van der Waals surface area contributed by atoms with Gasteiger partial charge in [0.05, 0.1) is 12.6 Å². The third-order valence-electron chi connectivity index (χ3n) is 6.53. The fraction of sp³-hybridized carbons (Fsp3) is 0.464. The fourth-order valence-corrected chi connectivity index (χ4v) is 4.18. The second kappa shape index (κ2) is 13.8. The molecule has 0 saturated carbocycles. The molecule has 0 aromatic heterocycles. The van der Waals surface area contributed by atoms with Crippen LogP contribution in [-0.2, 0) is 27.4 Å². The van der Waals surface area contributed by atoms with Crippen molar-refractivity contribution in [3.8, 4) is 0 Å². The molecule has 0 radical (unpaired) electrons. The van der Waals surface area contributed by atoms with Crippen LogP contribution >= 0.6 is 0 Å². The number of carbonyl (C=O) groups is 3. The first-order valence-corrected chi connectivity index (χ1v) is 12.8. The number of likely N-dealkylation sites (N-methyl/N-ethyl adjacent to an activating group) is 1. The van der Waals surface area contributed by atoms with Gasteiger partial charge in [0.1, 0.15) is 6.04 Å². The summed E-state index contributed by atoms with van der Waals surface area (Å²) in [7, 11) is 1.69. The Labute approximate surface area is 219 Å². The third-order valence-corrected chi connectivity index (χ3v) is 6.53. The Morgan fingerprint density at radius 3 is 2.16 bits per heavy atom. The Morgan fingerprint density at radius 1 is 0.946 bits per heavy atom. The second-order valence-electron chi connectivity index (χ2n) is 9.69. The maximum atomic E-state index is 13.7. The average Bonchev–Trinajstić information content (AvgIpc) is 2.90. The minimum absolute atomic E-state index is 0.143. The number of piperazine rings is 1. The number of amides is 3. The highest BCUT2D eigenvalue weighted by Crippen LogP contribution is 2.18. The molecule has 1 heterocycles. The van der Waals surface area contributed by atoms with Crippen molar-refractivity contribution >= 4 is 17.9 Å². The molecule has 3 amide bonds. The van der Waals surface area contributed by atoms with E-state index in [4.69, 9.17) is 4.74 Å². The molecule has 3 atom stereocenters. The van der Waals surface area contributed by atoms with Crippen molar-refractivity contribution in [2.45, 2.75) is 52.2 Å². The van der Waals surface area contributed by atoms with E-state index >= 15 is 0 Å². The summed E-state index contributed by atoms with van der Waals surface area (Å²) in [6, 6.07) is 18.4. The molecule has 200 valence electrons. The SMILES string of the molecule is CN[C@@H](C)C(=O)N[C@H](C(=O)N1CCN(Cc2ccccc2)C[C@@H]1OC(=O)NCc1ccccc1)C(C)C. The maximum absolute atomic E-state index is 13.7. The molecule has 0 bridgehead atoms. The third kappa shape index (κ3) is 8.30. The minimum Gasteiger partial charge on any atom is -0.424 e. The molecule has 3 rings (SSSR count). The van der Waals surface area contributed by atoms with Crippen LogP contribution in [-0.4, -0.2) is 72.7 Å². The van der Waals surface area contributed by atoms with Gasteiger partial charge < -0.3 is 25.6 Å². The molecule has 1 aliphatic heterocycles. The van der Waals surface area contributed by atoms with E-state index < -0.39 is 24.4 Å². The van der Waals surface area contributed by atoms with Gasteiger partial charge in [0.25, 0.3) is 0 Å². The molecule has 1 fully saturated rings. The Balaban J connectivity index is 1.73. The summed E-state index contributed by atoms with van der Waals surface area (Å²) in [6.45, 7) is 7.88. The number of ether oxygens (including phenoxy) is 1. The lowest BCUT2D eigenvalue weighted by Gasteiger charge is -2.42. The van der Waals surface area contributed by atoms with E-state index in [2.05, 4.69) is 20.9 Å². The minimum atomic E-state index is -0.791. The number of rotatable bonds is 10. The van der Waals surface area contributed by atoms with Gasteiger partial charge >= 0.3 is 6.09 Å². The van der Waals surface area contributed by atoms with Crippen LogP contribution < -0.4 is 16.0 Å². The van der Waals surface area contributed by atoms with Crippen LogP contribution in [0, 0.1) is 5.92 Å². The summed E-state index contributed by atoms with van der Waals surface area (Å²) in [5.41, 5.74) is 2.09. The molecule has 0 aliphatic carbocycles. The van der Waals surface area contributed by atoms with Crippen molar-refractivity contribution in [2.24, 2.45) is 5.92 Å². The zero-order valence-electron chi connectivity index (χ0n) is 22.1. The number of hydrogen-bond acceptors (Lipinski definition) is 6. The van der Waals surface area contributed by atoms with Crippen molar-refractivity contribution in [2.75, 3.05) is 26.7 Å². The lowest BCUT2D eigenvalue weighted by molar-refractivity contribution is -0.153. The molecular formula is C28H39N5O4. The predicted octanol–water partition coefficient (Wildman–Crippen LogP) is 2.33. The van der Waals surface area contributed by atoms with Crippen LogP contribution in [0.4, 0.5) is 4.79 Å². The van der Waals surface area contributed by atoms with Crippen LogP contribution in [0.1, 0.15) is 31.9 Å². The normalized spacial score (nSPS) is 17.6. The number of hydrogen-bond donors (Lipinski definition) is 3. The Morgan fingerprint density at radius 2 is 1.57 bits per heavy atom. The van der Waals surface area contributed by atoms with Crippen molar-refractivity contribution < 1.29 is 19.1 Å². The standard InChI is InChI=1S/C28H39N5O4/c1-20(2)25(31-26(34)21(3)29-4)27(35)33-16-15-32(18-23-13-9-6-10-14-23)19-24(33)37-28(36)30-17-22-11-7-5-8-12-22/h5-14,20-21,24-25,29H,15-19H2,1-4H3,(H,30,36)(H,31,34)/t21-,24-,25-/m0/s1. The van der Waals surface area contributed by atoms with Crippen LogP contribution in [0.15, 0.2) is 60.7 Å². The molecule has 2 aromatic carbocycles. The Bertz CT molecular complexity index is 1020. The van der Waals surface area contributed by atoms with Crippen molar-refractivity contribution in [3.05, 3.63) is 71.8 Å². The zero-order valence-corrected chi connectivity index (χ0v) is 22.1. The number of nitrogens with one attached hydrogen (secondary N) is 3. The number of alkyl carbamates (subject to hydrolysis) is 1. The first-order chi connectivity index (χ1) is 17.8. The molecule has 9 nitrogen and oxygen atoms in total. The van der Waals surface area contributed by atoms with Crippen LogP contribution in [0.5, 0.6) is 0 Å². The topological polar surface area (TPSA) is 103 Å². The Kier molecular flexibility index (Phi) is 10.5. The van der Waals surface area contributed by atoms with Gasteiger partial charge in [0.15, 0.2) is 6.23 Å². The van der Waals surface area contributed by atoms with E-state index in [9.17, 15) is 14.4 Å². The number of nitrogens with zero attached hydrogens (tertiary/aromatic N) is 2. The molecule has 1 aliphatic rings. The zero-order chi connectivity index (χ0) is 26.8. The summed E-state index contributed by atoms with van der Waals surface area (Å²) in [4.78, 5) is 42.8. The summed E-state index contributed by atoms with van der Waals surface area (Å²) in [5, 5.41) is 8.55. The monoisotopic (exact) mass is 509 g/mol. The first kappa shape index (κ1) is 28.1. The van der Waals surface area contributed by atoms with Crippen molar-refractivity contribution in [1.29, 1.82) is 0 Å². The highest BCUT2D eigenvalue weighted by molar-refractivity contribution is 5.90. The molecule has 2 aromatic rings. The highest BCUT2D eigenvalue weighted by Gasteiger charge is 2.38. The summed E-state index contributed by atoms with van der Waals surface area (Å²) in [5.74, 6) is -0.655. The molecule has 0 spiro atoms. The molecular weight excluding hydrogens is 470 g/mol. The first-order valence-electron chi connectivity index (χ1n) is 12.8. The van der Waals surface area contributed by atoms with Gasteiger partial charge in [-0.2, -0.15) is 0 Å². The molecule has 3 N–H and O–H groups in total. The lowest BCUT2D eigenvalue weighted by Crippen LogP contribution is -2.62. The van der Waals surface area contributed by atoms with E-state index in [0.29, 0.717) is 32.7 Å². The molecule has 37 heavy (non-hydrogen) atoms. The highest BCUT2D eigenvalue weighted by atomic mass is 16.6. The molecule has 0 unspecified atom stereocenters. The van der Waals surface area contributed by atoms with Gasteiger partial charge in [0.2, 0.25) is 11.8 Å². The maximum Gasteiger partial charge on any atom is 0.409 e. The van der Waals surface area contributed by atoms with Gasteiger partial charge in [-0.1, -0.05) is 74.5 Å². The van der Waals surface area contributed by atoms with Crippen LogP contribution in [0.3, 0.4) is 0 Å². The average molecular weight is 510 g/mol. The van der Waals surface area contributed by atoms with Crippen molar-refractivity contribution in [1.82, 2.24) is 25.8 Å². The number of benzene rings is 2. The Hall–Kier alpha value is -3.43. The van der Waals surface area contributed by atoms with Crippen LogP contribution in [0.2, 0.25) is 0 Å². The number of carbonyl (C=O) groups excluding carboxylic acids is 3. The van der Waals surface area contributed by atoms with Crippen molar-refractivity contribution in [3.63, 3.8) is 0 Å². The van der Waals surface area contributed by atoms with Gasteiger partial charge in [-0.15, -0.1) is 0 Å². The largest absolute Gasteiger partial charge is 0.424 e. The predicted molar refractivity (Wildman–Crippen MR) is 142 cm³/mol. The molecule has 9 heteroatoms. The van der Waals surface area contributed by atoms with Crippen LogP contribution in [0.25, 0.3) is 0 Å². The lowest BCUT2D eigenvalue weighted by atomic mass is 10.0. The van der Waals surface area contributed by atoms with E-state index in [1.165, 1.54) is 0 Å². The van der Waals surface area contributed by atoms with E-state index in [0.717, 1.165) is 11.1 Å². The summed E-state index contributed by atoms with van der Waals surface area (Å²) >= 11 is 0. The molecule has 1 saturated heterocycles. The second-order valence-corrected chi connectivity index (χ2v) is 9.69. The van der Waals surface area contributed by atoms with E-state index in [1.807, 2.05) is 74.5 Å². The van der Waals surface area contributed by atoms with E-state index in [1.54, 1.807) is 18.9 Å².